The van der Waals surface area contributed by atoms with E-state index in [0.29, 0.717) is 5.75 Å². The number of nitrogens with zero attached hydrogens (tertiary/aromatic N) is 1. The lowest BCUT2D eigenvalue weighted by molar-refractivity contribution is 0.290. The van der Waals surface area contributed by atoms with Crippen LogP contribution in [-0.4, -0.2) is 23.1 Å². The number of hydrogen-bond donors (Lipinski definition) is 1. The smallest absolute Gasteiger partial charge is 0.122 e. The monoisotopic (exact) mass is 229 g/mol. The molecule has 15 heavy (non-hydrogen) atoms. The zero-order chi connectivity index (χ0) is 10.6. The minimum atomic E-state index is 0. The Kier molecular flexibility index (Phi) is 6.37. The molecule has 0 spiro atoms. The molecule has 3 heteroatoms. The number of para-hydroxylation sites is 1. The topological polar surface area (TPSA) is 23.5 Å². The van der Waals surface area contributed by atoms with E-state index in [9.17, 15) is 5.11 Å². The Morgan fingerprint density at radius 1 is 1.20 bits per heavy atom. The van der Waals surface area contributed by atoms with Gasteiger partial charge in [0, 0.05) is 12.1 Å². The van der Waals surface area contributed by atoms with Gasteiger partial charge in [-0.25, -0.2) is 0 Å². The Labute approximate surface area is 98.3 Å². The summed E-state index contributed by atoms with van der Waals surface area (Å²) in [6, 6.07) is 5.91. The molecule has 0 radical (unpaired) electrons. The lowest BCUT2D eigenvalue weighted by Gasteiger charge is -2.19. The van der Waals surface area contributed by atoms with Gasteiger partial charge >= 0.3 is 0 Å². The molecule has 0 aliphatic heterocycles. The van der Waals surface area contributed by atoms with Gasteiger partial charge in [0.1, 0.15) is 5.75 Å². The number of rotatable bonds is 4. The van der Waals surface area contributed by atoms with Gasteiger partial charge in [0.25, 0.3) is 0 Å². The molecule has 1 aromatic carbocycles. The summed E-state index contributed by atoms with van der Waals surface area (Å²) in [7, 11) is 0. The first-order valence-corrected chi connectivity index (χ1v) is 5.18. The van der Waals surface area contributed by atoms with E-state index in [1.54, 1.807) is 0 Å². The average molecular weight is 230 g/mol. The highest BCUT2D eigenvalue weighted by molar-refractivity contribution is 5.85. The van der Waals surface area contributed by atoms with Crippen LogP contribution in [0.5, 0.6) is 5.75 Å². The maximum Gasteiger partial charge on any atom is 0.122 e. The third-order valence-electron chi connectivity index (χ3n) is 2.61. The lowest BCUT2D eigenvalue weighted by atomic mass is 10.1. The van der Waals surface area contributed by atoms with E-state index < -0.39 is 0 Å². The summed E-state index contributed by atoms with van der Waals surface area (Å²) in [5.41, 5.74) is 1.98. The van der Waals surface area contributed by atoms with Gasteiger partial charge in [-0.3, -0.25) is 4.90 Å². The van der Waals surface area contributed by atoms with Crippen LogP contribution in [0.25, 0.3) is 0 Å². The van der Waals surface area contributed by atoms with Crippen LogP contribution in [0.3, 0.4) is 0 Å². The number of aryl methyl sites for hydroxylation is 1. The van der Waals surface area contributed by atoms with E-state index in [2.05, 4.69) is 18.7 Å². The van der Waals surface area contributed by atoms with Gasteiger partial charge in [-0.2, -0.15) is 0 Å². The van der Waals surface area contributed by atoms with Gasteiger partial charge in [0.15, 0.2) is 0 Å². The summed E-state index contributed by atoms with van der Waals surface area (Å²) in [6.07, 6.45) is 0. The highest BCUT2D eigenvalue weighted by atomic mass is 35.5. The van der Waals surface area contributed by atoms with Gasteiger partial charge in [0.05, 0.1) is 0 Å². The summed E-state index contributed by atoms with van der Waals surface area (Å²) in [5.74, 6) is 0.444. The zero-order valence-electron chi connectivity index (χ0n) is 9.66. The minimum Gasteiger partial charge on any atom is -0.507 e. The quantitative estimate of drug-likeness (QED) is 0.858. The van der Waals surface area contributed by atoms with E-state index in [4.69, 9.17) is 0 Å². The van der Waals surface area contributed by atoms with Gasteiger partial charge in [0.2, 0.25) is 0 Å². The molecule has 0 aliphatic rings. The first-order valence-electron chi connectivity index (χ1n) is 5.18. The van der Waals surface area contributed by atoms with Crippen molar-refractivity contribution >= 4 is 12.4 Å². The van der Waals surface area contributed by atoms with Crippen molar-refractivity contribution in [3.8, 4) is 5.75 Å². The molecule has 0 saturated heterocycles. The molecule has 86 valence electrons. The Balaban J connectivity index is 0.00000196. The molecule has 0 heterocycles. The Morgan fingerprint density at radius 3 is 2.33 bits per heavy atom. The van der Waals surface area contributed by atoms with Crippen LogP contribution in [0.15, 0.2) is 18.2 Å². The van der Waals surface area contributed by atoms with Crippen molar-refractivity contribution in [2.24, 2.45) is 0 Å². The molecule has 0 fully saturated rings. The molecule has 1 N–H and O–H groups in total. The molecular weight excluding hydrogens is 210 g/mol. The van der Waals surface area contributed by atoms with Crippen molar-refractivity contribution < 1.29 is 5.11 Å². The second kappa shape index (κ2) is 6.70. The fourth-order valence-corrected chi connectivity index (χ4v) is 1.54. The molecule has 0 saturated carbocycles. The van der Waals surface area contributed by atoms with Crippen molar-refractivity contribution in [3.05, 3.63) is 29.3 Å². The summed E-state index contributed by atoms with van der Waals surface area (Å²) < 4.78 is 0. The normalized spacial score (nSPS) is 10.1. The molecule has 2 nitrogen and oxygen atoms in total. The highest BCUT2D eigenvalue weighted by Gasteiger charge is 2.06. The van der Waals surface area contributed by atoms with E-state index in [-0.39, 0.29) is 12.4 Å². The van der Waals surface area contributed by atoms with Crippen molar-refractivity contribution in [3.63, 3.8) is 0 Å². The first kappa shape index (κ1) is 14.3. The van der Waals surface area contributed by atoms with Crippen LogP contribution >= 0.6 is 12.4 Å². The number of phenols is 1. The van der Waals surface area contributed by atoms with Crippen molar-refractivity contribution in [2.75, 3.05) is 13.1 Å². The van der Waals surface area contributed by atoms with Crippen LogP contribution in [0, 0.1) is 6.92 Å². The maximum absolute atomic E-state index is 9.81. The summed E-state index contributed by atoms with van der Waals surface area (Å²) in [4.78, 5) is 2.29. The average Bonchev–Trinajstić information content (AvgIpc) is 2.20. The predicted molar refractivity (Wildman–Crippen MR) is 66.7 cm³/mol. The zero-order valence-corrected chi connectivity index (χ0v) is 10.5. The fraction of sp³-hybridized carbons (Fsp3) is 0.500. The first-order chi connectivity index (χ1) is 6.69. The largest absolute Gasteiger partial charge is 0.507 e. The molecule has 0 aromatic heterocycles. The summed E-state index contributed by atoms with van der Waals surface area (Å²) in [6.45, 7) is 9.07. The molecule has 0 bridgehead atoms. The Bertz CT molecular complexity index is 298. The molecule has 1 rings (SSSR count). The third-order valence-corrected chi connectivity index (χ3v) is 2.61. The third kappa shape index (κ3) is 3.73. The molecule has 0 atom stereocenters. The number of halogens is 1. The van der Waals surface area contributed by atoms with Crippen LogP contribution in [0.4, 0.5) is 0 Å². The fourth-order valence-electron chi connectivity index (χ4n) is 1.54. The number of aromatic hydroxyl groups is 1. The molecule has 1 aromatic rings. The summed E-state index contributed by atoms with van der Waals surface area (Å²) >= 11 is 0. The van der Waals surface area contributed by atoms with Crippen LogP contribution in [0.2, 0.25) is 0 Å². The van der Waals surface area contributed by atoms with E-state index >= 15 is 0 Å². The van der Waals surface area contributed by atoms with E-state index in [1.165, 1.54) is 0 Å². The van der Waals surface area contributed by atoms with Gasteiger partial charge in [-0.15, -0.1) is 12.4 Å². The van der Waals surface area contributed by atoms with Crippen molar-refractivity contribution in [1.29, 1.82) is 0 Å². The molecule has 0 unspecified atom stereocenters. The molecule has 0 amide bonds. The standard InChI is InChI=1S/C12H19NO.ClH/c1-4-13(5-2)9-11-8-6-7-10(3)12(11)14;/h6-8,14H,4-5,9H2,1-3H3;1H. The van der Waals surface area contributed by atoms with Crippen LogP contribution in [-0.2, 0) is 6.54 Å². The highest BCUT2D eigenvalue weighted by Crippen LogP contribution is 2.22. The van der Waals surface area contributed by atoms with E-state index in [0.717, 1.165) is 30.8 Å². The number of phenolic OH excluding ortho intramolecular Hbond substituents is 1. The predicted octanol–water partition coefficient (Wildman–Crippen LogP) is 2.96. The van der Waals surface area contributed by atoms with E-state index in [1.807, 2.05) is 25.1 Å². The Morgan fingerprint density at radius 2 is 1.80 bits per heavy atom. The van der Waals surface area contributed by atoms with Crippen molar-refractivity contribution in [2.45, 2.75) is 27.3 Å². The maximum atomic E-state index is 9.81. The SMILES string of the molecule is CCN(CC)Cc1cccc(C)c1O.Cl. The van der Waals surface area contributed by atoms with Gasteiger partial charge in [-0.1, -0.05) is 32.0 Å². The van der Waals surface area contributed by atoms with Gasteiger partial charge in [-0.05, 0) is 25.6 Å². The van der Waals surface area contributed by atoms with Crippen molar-refractivity contribution in [1.82, 2.24) is 4.90 Å². The number of hydrogen-bond acceptors (Lipinski definition) is 2. The minimum absolute atomic E-state index is 0. The number of benzene rings is 1. The lowest BCUT2D eigenvalue weighted by Crippen LogP contribution is -2.22. The molecule has 0 aliphatic carbocycles. The second-order valence-corrected chi connectivity index (χ2v) is 3.54. The van der Waals surface area contributed by atoms with Crippen LogP contribution < -0.4 is 0 Å². The molecular formula is C12H20ClNO. The van der Waals surface area contributed by atoms with Gasteiger partial charge < -0.3 is 5.11 Å². The van der Waals surface area contributed by atoms with Crippen LogP contribution in [0.1, 0.15) is 25.0 Å². The summed E-state index contributed by atoms with van der Waals surface area (Å²) in [5, 5.41) is 9.81. The Hall–Kier alpha value is -0.730. The second-order valence-electron chi connectivity index (χ2n) is 3.54.